The van der Waals surface area contributed by atoms with E-state index in [2.05, 4.69) is 28.2 Å². The summed E-state index contributed by atoms with van der Waals surface area (Å²) in [5, 5.41) is 20.8. The number of rotatable bonds is 7. The minimum atomic E-state index is -0.672. The lowest BCUT2D eigenvalue weighted by Crippen LogP contribution is -2.45. The summed E-state index contributed by atoms with van der Waals surface area (Å²) in [6.45, 7) is 5.13. The van der Waals surface area contributed by atoms with Gasteiger partial charge >= 0.3 is 0 Å². The highest BCUT2D eigenvalue weighted by Gasteiger charge is 2.41. The number of likely N-dealkylation sites (tertiary alicyclic amines) is 1. The van der Waals surface area contributed by atoms with Gasteiger partial charge in [0.25, 0.3) is 5.91 Å². The fraction of sp³-hybridized carbons (Fsp3) is 0.565. The first-order chi connectivity index (χ1) is 15.1. The molecule has 2 aliphatic rings. The van der Waals surface area contributed by atoms with Gasteiger partial charge in [-0.1, -0.05) is 13.0 Å². The highest BCUT2D eigenvalue weighted by Crippen LogP contribution is 2.44. The zero-order valence-electron chi connectivity index (χ0n) is 18.0. The molecule has 1 amide bonds. The van der Waals surface area contributed by atoms with Crippen molar-refractivity contribution >= 4 is 17.2 Å². The Morgan fingerprint density at radius 1 is 1.32 bits per heavy atom. The molecule has 1 fully saturated rings. The number of amides is 1. The molecular weight excluding hydrogens is 414 g/mol. The lowest BCUT2D eigenvalue weighted by atomic mass is 9.82. The van der Waals surface area contributed by atoms with Crippen molar-refractivity contribution < 1.29 is 19.7 Å². The van der Waals surface area contributed by atoms with E-state index in [-0.39, 0.29) is 24.5 Å². The Kier molecular flexibility index (Phi) is 7.03. The van der Waals surface area contributed by atoms with Gasteiger partial charge in [0, 0.05) is 42.0 Å². The number of hydrogen-bond donors (Lipinski definition) is 3. The molecule has 4 heterocycles. The van der Waals surface area contributed by atoms with Crippen LogP contribution in [-0.2, 0) is 29.7 Å². The number of pyridine rings is 1. The Hall–Kier alpha value is -1.84. The highest BCUT2D eigenvalue weighted by atomic mass is 32.1. The SMILES string of the molecule is CCc1cc2c(s1)CCOC21CCN(Cc2ccc(C(=O)NC(CO)CO)nc2)CC1. The zero-order valence-corrected chi connectivity index (χ0v) is 18.8. The molecule has 0 aromatic carbocycles. The van der Waals surface area contributed by atoms with Gasteiger partial charge in [-0.2, -0.15) is 0 Å². The fourth-order valence-electron chi connectivity index (χ4n) is 4.45. The Morgan fingerprint density at radius 2 is 2.10 bits per heavy atom. The molecule has 1 saturated heterocycles. The van der Waals surface area contributed by atoms with Crippen LogP contribution in [0.25, 0.3) is 0 Å². The van der Waals surface area contributed by atoms with Crippen molar-refractivity contribution in [3.63, 3.8) is 0 Å². The summed E-state index contributed by atoms with van der Waals surface area (Å²) in [6.07, 6.45) is 5.85. The zero-order chi connectivity index (χ0) is 21.8. The molecule has 3 N–H and O–H groups in total. The molecule has 2 aromatic heterocycles. The predicted molar refractivity (Wildman–Crippen MR) is 119 cm³/mol. The van der Waals surface area contributed by atoms with Crippen LogP contribution in [0.4, 0.5) is 0 Å². The first kappa shape index (κ1) is 22.4. The van der Waals surface area contributed by atoms with Gasteiger partial charge in [-0.3, -0.25) is 14.7 Å². The molecule has 2 aliphatic heterocycles. The minimum Gasteiger partial charge on any atom is -0.394 e. The van der Waals surface area contributed by atoms with Crippen LogP contribution in [0, 0.1) is 0 Å². The van der Waals surface area contributed by atoms with Crippen molar-refractivity contribution in [2.45, 2.75) is 50.8 Å². The van der Waals surface area contributed by atoms with Crippen molar-refractivity contribution in [3.8, 4) is 0 Å². The second kappa shape index (κ2) is 9.75. The van der Waals surface area contributed by atoms with Crippen molar-refractivity contribution in [1.29, 1.82) is 0 Å². The van der Waals surface area contributed by atoms with Crippen LogP contribution >= 0.6 is 11.3 Å². The van der Waals surface area contributed by atoms with Crippen molar-refractivity contribution in [2.75, 3.05) is 32.9 Å². The van der Waals surface area contributed by atoms with Gasteiger partial charge in [0.2, 0.25) is 0 Å². The maximum Gasteiger partial charge on any atom is 0.270 e. The number of fused-ring (bicyclic) bond motifs is 2. The molecule has 0 radical (unpaired) electrons. The number of carbonyl (C=O) groups is 1. The Morgan fingerprint density at radius 3 is 2.74 bits per heavy atom. The second-order valence-electron chi connectivity index (χ2n) is 8.36. The van der Waals surface area contributed by atoms with Gasteiger partial charge in [0.1, 0.15) is 5.69 Å². The van der Waals surface area contributed by atoms with Gasteiger partial charge in [0.05, 0.1) is 31.5 Å². The van der Waals surface area contributed by atoms with Crippen LogP contribution in [-0.4, -0.2) is 65.0 Å². The molecule has 0 aliphatic carbocycles. The molecule has 31 heavy (non-hydrogen) atoms. The monoisotopic (exact) mass is 445 g/mol. The van der Waals surface area contributed by atoms with Crippen LogP contribution in [0.5, 0.6) is 0 Å². The number of nitrogens with one attached hydrogen (secondary N) is 1. The van der Waals surface area contributed by atoms with Crippen molar-refractivity contribution in [2.24, 2.45) is 0 Å². The quantitative estimate of drug-likeness (QED) is 0.602. The number of aryl methyl sites for hydroxylation is 1. The molecule has 7 nitrogen and oxygen atoms in total. The van der Waals surface area contributed by atoms with E-state index in [1.54, 1.807) is 12.3 Å². The highest BCUT2D eigenvalue weighted by molar-refractivity contribution is 7.12. The van der Waals surface area contributed by atoms with E-state index in [4.69, 9.17) is 14.9 Å². The average Bonchev–Trinajstić information content (AvgIpc) is 3.24. The summed E-state index contributed by atoms with van der Waals surface area (Å²) in [4.78, 5) is 21.8. The van der Waals surface area contributed by atoms with E-state index >= 15 is 0 Å². The molecule has 4 rings (SSSR count). The fourth-order valence-corrected chi connectivity index (χ4v) is 5.63. The average molecular weight is 446 g/mol. The number of hydrogen-bond acceptors (Lipinski definition) is 7. The van der Waals surface area contributed by atoms with Gasteiger partial charge in [-0.05, 0) is 42.5 Å². The summed E-state index contributed by atoms with van der Waals surface area (Å²) in [6, 6.07) is 5.31. The number of nitrogens with zero attached hydrogens (tertiary/aromatic N) is 2. The van der Waals surface area contributed by atoms with E-state index in [0.717, 1.165) is 57.5 Å². The number of aliphatic hydroxyl groups excluding tert-OH is 2. The number of aliphatic hydroxyl groups is 2. The van der Waals surface area contributed by atoms with Crippen LogP contribution in [0.2, 0.25) is 0 Å². The van der Waals surface area contributed by atoms with E-state index in [0.29, 0.717) is 0 Å². The summed E-state index contributed by atoms with van der Waals surface area (Å²) in [5.74, 6) is -0.396. The summed E-state index contributed by atoms with van der Waals surface area (Å²) < 4.78 is 6.37. The molecule has 0 bridgehead atoms. The number of carbonyl (C=O) groups excluding carboxylic acids is 1. The number of ether oxygens (including phenoxy) is 1. The number of thiophene rings is 1. The third-order valence-electron chi connectivity index (χ3n) is 6.31. The normalized spacial score (nSPS) is 18.3. The lowest BCUT2D eigenvalue weighted by molar-refractivity contribution is -0.0981. The smallest absolute Gasteiger partial charge is 0.270 e. The molecular formula is C23H31N3O4S. The third-order valence-corrected chi connectivity index (χ3v) is 7.65. The number of aromatic nitrogens is 1. The minimum absolute atomic E-state index is 0.121. The molecule has 0 atom stereocenters. The molecule has 1 spiro atoms. The molecule has 2 aromatic rings. The maximum absolute atomic E-state index is 12.2. The maximum atomic E-state index is 12.2. The van der Waals surface area contributed by atoms with Crippen LogP contribution in [0.3, 0.4) is 0 Å². The second-order valence-corrected chi connectivity index (χ2v) is 9.58. The first-order valence-electron chi connectivity index (χ1n) is 11.0. The van der Waals surface area contributed by atoms with Gasteiger partial charge in [0.15, 0.2) is 0 Å². The molecule has 0 saturated carbocycles. The van der Waals surface area contributed by atoms with Crippen molar-refractivity contribution in [3.05, 3.63) is 51.0 Å². The standard InChI is InChI=1S/C23H31N3O4S/c1-2-18-11-19-21(31-18)5-10-30-23(19)6-8-26(9-7-23)13-16-3-4-20(24-12-16)22(29)25-17(14-27)15-28/h3-4,11-12,17,27-28H,2,5-10,13-15H2,1H3,(H,25,29). The topological polar surface area (TPSA) is 94.9 Å². The van der Waals surface area contributed by atoms with Crippen molar-refractivity contribution in [1.82, 2.24) is 15.2 Å². The van der Waals surface area contributed by atoms with Crippen LogP contribution in [0.15, 0.2) is 24.4 Å². The molecule has 168 valence electrons. The summed E-state index contributed by atoms with van der Waals surface area (Å²) in [7, 11) is 0. The van der Waals surface area contributed by atoms with E-state index in [1.165, 1.54) is 15.3 Å². The van der Waals surface area contributed by atoms with Crippen LogP contribution < -0.4 is 5.32 Å². The largest absolute Gasteiger partial charge is 0.394 e. The summed E-state index contributed by atoms with van der Waals surface area (Å²) in [5.41, 5.74) is 2.65. The van der Waals surface area contributed by atoms with Gasteiger partial charge in [-0.15, -0.1) is 11.3 Å². The van der Waals surface area contributed by atoms with Crippen LogP contribution in [0.1, 0.15) is 51.1 Å². The molecule has 8 heteroatoms. The van der Waals surface area contributed by atoms with Gasteiger partial charge < -0.3 is 20.3 Å². The number of piperidine rings is 1. The van der Waals surface area contributed by atoms with E-state index in [9.17, 15) is 4.79 Å². The van der Waals surface area contributed by atoms with E-state index in [1.807, 2.05) is 17.4 Å². The van der Waals surface area contributed by atoms with Gasteiger partial charge in [-0.25, -0.2) is 0 Å². The third kappa shape index (κ3) is 4.83. The Bertz CT molecular complexity index is 887. The Balaban J connectivity index is 1.35. The molecule has 0 unspecified atom stereocenters. The van der Waals surface area contributed by atoms with E-state index < -0.39 is 11.9 Å². The predicted octanol–water partition coefficient (Wildman–Crippen LogP) is 1.85. The summed E-state index contributed by atoms with van der Waals surface area (Å²) >= 11 is 1.95. The first-order valence-corrected chi connectivity index (χ1v) is 11.8. The lowest BCUT2D eigenvalue weighted by Gasteiger charge is -2.44. The Labute approximate surface area is 187 Å².